The molecule has 0 aromatic rings. The summed E-state index contributed by atoms with van der Waals surface area (Å²) in [6, 6.07) is 0. The van der Waals surface area contributed by atoms with Crippen LogP contribution in [0.25, 0.3) is 0 Å². The first-order valence-electron chi connectivity index (χ1n) is 6.27. The fourth-order valence-electron chi connectivity index (χ4n) is 2.59. The number of ether oxygens (including phenoxy) is 1. The molecule has 0 spiro atoms. The van der Waals surface area contributed by atoms with Crippen LogP contribution >= 0.6 is 0 Å². The van der Waals surface area contributed by atoms with Crippen molar-refractivity contribution in [2.45, 2.75) is 25.7 Å². The first kappa shape index (κ1) is 11.6. The van der Waals surface area contributed by atoms with Crippen molar-refractivity contribution < 1.29 is 9.53 Å². The molecule has 90 valence electrons. The second-order valence-electron chi connectivity index (χ2n) is 4.90. The molecule has 2 saturated carbocycles. The number of carbonyl (C=O) groups excluding carboxylic acids is 1. The Labute approximate surface area is 97.2 Å². The average Bonchev–Trinajstić information content (AvgIpc) is 2.90. The number of fused-ring (bicyclic) bond motifs is 1. The first-order chi connectivity index (χ1) is 7.81. The molecule has 0 radical (unpaired) electrons. The van der Waals surface area contributed by atoms with Crippen LogP contribution in [0.1, 0.15) is 25.7 Å². The van der Waals surface area contributed by atoms with Gasteiger partial charge in [-0.05, 0) is 37.5 Å². The minimum atomic E-state index is 0.236. The molecule has 1 N–H and O–H groups in total. The van der Waals surface area contributed by atoms with E-state index in [2.05, 4.69) is 11.9 Å². The molecule has 3 heteroatoms. The van der Waals surface area contributed by atoms with Gasteiger partial charge in [0.05, 0.1) is 13.2 Å². The number of hydrogen-bond acceptors (Lipinski definition) is 2. The topological polar surface area (TPSA) is 38.3 Å². The van der Waals surface area contributed by atoms with E-state index in [-0.39, 0.29) is 11.8 Å². The Morgan fingerprint density at radius 3 is 2.75 bits per heavy atom. The number of carbonyl (C=O) groups is 1. The summed E-state index contributed by atoms with van der Waals surface area (Å²) in [6.45, 7) is 5.57. The molecule has 0 aromatic heterocycles. The zero-order valence-corrected chi connectivity index (χ0v) is 9.78. The molecule has 1 amide bonds. The van der Waals surface area contributed by atoms with Gasteiger partial charge < -0.3 is 10.1 Å². The first-order valence-corrected chi connectivity index (χ1v) is 6.27. The van der Waals surface area contributed by atoms with Crippen LogP contribution in [0, 0.1) is 17.8 Å². The van der Waals surface area contributed by atoms with Gasteiger partial charge in [0.2, 0.25) is 5.91 Å². The summed E-state index contributed by atoms with van der Waals surface area (Å²) in [5.41, 5.74) is 0. The minimum absolute atomic E-state index is 0.236. The third kappa shape index (κ3) is 3.08. The van der Waals surface area contributed by atoms with Gasteiger partial charge in [0.25, 0.3) is 0 Å². The molecule has 0 bridgehead atoms. The summed E-state index contributed by atoms with van der Waals surface area (Å²) in [6.07, 6.45) is 6.32. The second-order valence-corrected chi connectivity index (χ2v) is 4.90. The highest BCUT2D eigenvalue weighted by Crippen LogP contribution is 2.54. The largest absolute Gasteiger partial charge is 0.379 e. The fraction of sp³-hybridized carbons (Fsp3) is 0.769. The van der Waals surface area contributed by atoms with E-state index in [0.717, 1.165) is 31.1 Å². The molecule has 0 aliphatic heterocycles. The molecule has 2 aliphatic rings. The smallest absolute Gasteiger partial charge is 0.223 e. The van der Waals surface area contributed by atoms with Crippen molar-refractivity contribution in [2.75, 3.05) is 19.8 Å². The minimum Gasteiger partial charge on any atom is -0.379 e. The summed E-state index contributed by atoms with van der Waals surface area (Å²) in [4.78, 5) is 11.7. The third-order valence-corrected chi connectivity index (χ3v) is 3.63. The van der Waals surface area contributed by atoms with Crippen molar-refractivity contribution in [3.63, 3.8) is 0 Å². The number of hydrogen-bond donors (Lipinski definition) is 1. The summed E-state index contributed by atoms with van der Waals surface area (Å²) >= 11 is 0. The van der Waals surface area contributed by atoms with E-state index in [1.54, 1.807) is 0 Å². The molecule has 2 fully saturated rings. The van der Waals surface area contributed by atoms with E-state index in [0.29, 0.717) is 19.8 Å². The van der Waals surface area contributed by atoms with Crippen molar-refractivity contribution >= 4 is 5.91 Å². The van der Waals surface area contributed by atoms with E-state index < -0.39 is 0 Å². The Morgan fingerprint density at radius 1 is 1.31 bits per heavy atom. The molecule has 0 heterocycles. The zero-order valence-electron chi connectivity index (χ0n) is 9.78. The zero-order chi connectivity index (χ0) is 11.4. The van der Waals surface area contributed by atoms with Gasteiger partial charge in [-0.25, -0.2) is 0 Å². The van der Waals surface area contributed by atoms with Crippen molar-refractivity contribution in [2.24, 2.45) is 17.8 Å². The fourth-order valence-corrected chi connectivity index (χ4v) is 2.59. The maximum absolute atomic E-state index is 11.7. The molecule has 3 nitrogen and oxygen atoms in total. The van der Waals surface area contributed by atoms with Crippen LogP contribution in [0.2, 0.25) is 0 Å². The van der Waals surface area contributed by atoms with Gasteiger partial charge in [-0.2, -0.15) is 0 Å². The average molecular weight is 223 g/mol. The van der Waals surface area contributed by atoms with E-state index in [9.17, 15) is 4.79 Å². The Bertz CT molecular complexity index is 255. The molecule has 16 heavy (non-hydrogen) atoms. The highest BCUT2D eigenvalue weighted by molar-refractivity contribution is 5.79. The maximum Gasteiger partial charge on any atom is 0.223 e. The van der Waals surface area contributed by atoms with Crippen LogP contribution in [0.3, 0.4) is 0 Å². The van der Waals surface area contributed by atoms with Gasteiger partial charge in [0.15, 0.2) is 0 Å². The lowest BCUT2D eigenvalue weighted by molar-refractivity contribution is -0.125. The molecular weight excluding hydrogens is 202 g/mol. The number of amides is 1. The molecule has 2 rings (SSSR count). The summed E-state index contributed by atoms with van der Waals surface area (Å²) < 4.78 is 5.33. The molecule has 2 atom stereocenters. The normalized spacial score (nSPS) is 30.9. The number of rotatable bonds is 7. The van der Waals surface area contributed by atoms with Crippen molar-refractivity contribution in [1.29, 1.82) is 0 Å². The molecule has 2 unspecified atom stereocenters. The highest BCUT2D eigenvalue weighted by atomic mass is 16.5. The van der Waals surface area contributed by atoms with E-state index in [1.165, 1.54) is 6.42 Å². The molecule has 0 aromatic carbocycles. The summed E-state index contributed by atoms with van der Waals surface area (Å²) in [7, 11) is 0. The second kappa shape index (κ2) is 5.48. The van der Waals surface area contributed by atoms with Crippen molar-refractivity contribution in [3.8, 4) is 0 Å². The van der Waals surface area contributed by atoms with E-state index in [4.69, 9.17) is 4.74 Å². The lowest BCUT2D eigenvalue weighted by Gasteiger charge is -2.12. The van der Waals surface area contributed by atoms with Gasteiger partial charge in [-0.3, -0.25) is 4.79 Å². The Kier molecular flexibility index (Phi) is 3.99. The van der Waals surface area contributed by atoms with Crippen LogP contribution in [0.5, 0.6) is 0 Å². The molecule has 2 aliphatic carbocycles. The van der Waals surface area contributed by atoms with Gasteiger partial charge in [0.1, 0.15) is 0 Å². The summed E-state index contributed by atoms with van der Waals surface area (Å²) in [5.74, 6) is 2.27. The third-order valence-electron chi connectivity index (χ3n) is 3.63. The van der Waals surface area contributed by atoms with E-state index >= 15 is 0 Å². The lowest BCUT2D eigenvalue weighted by atomic mass is 10.0. The lowest BCUT2D eigenvalue weighted by Crippen LogP contribution is -2.32. The summed E-state index contributed by atoms with van der Waals surface area (Å²) in [5, 5.41) is 2.95. The van der Waals surface area contributed by atoms with Crippen LogP contribution in [-0.2, 0) is 9.53 Å². The number of nitrogens with one attached hydrogen (secondary N) is 1. The van der Waals surface area contributed by atoms with Gasteiger partial charge >= 0.3 is 0 Å². The van der Waals surface area contributed by atoms with Crippen LogP contribution in [0.15, 0.2) is 12.7 Å². The standard InChI is InChI=1S/C13H21NO2/c1-2-3-5-16-6-4-14-13(15)12-8-10-7-11(10)9-12/h2,10-12H,1,3-9H2,(H,14,15). The highest BCUT2D eigenvalue weighted by Gasteiger charge is 2.47. The van der Waals surface area contributed by atoms with Gasteiger partial charge in [0, 0.05) is 12.5 Å². The Morgan fingerprint density at radius 2 is 2.06 bits per heavy atom. The van der Waals surface area contributed by atoms with Crippen molar-refractivity contribution in [1.82, 2.24) is 5.32 Å². The van der Waals surface area contributed by atoms with E-state index in [1.807, 2.05) is 6.08 Å². The predicted octanol–water partition coefficient (Wildman–Crippen LogP) is 1.74. The van der Waals surface area contributed by atoms with Crippen LogP contribution in [0.4, 0.5) is 0 Å². The Balaban J connectivity index is 1.49. The van der Waals surface area contributed by atoms with Gasteiger partial charge in [-0.15, -0.1) is 6.58 Å². The molecule has 0 saturated heterocycles. The maximum atomic E-state index is 11.7. The van der Waals surface area contributed by atoms with Crippen LogP contribution in [-0.4, -0.2) is 25.7 Å². The SMILES string of the molecule is C=CCCOCCNC(=O)C1CC2CC2C1. The van der Waals surface area contributed by atoms with Gasteiger partial charge in [-0.1, -0.05) is 6.08 Å². The molecular formula is C13H21NO2. The van der Waals surface area contributed by atoms with Crippen LogP contribution < -0.4 is 5.32 Å². The Hall–Kier alpha value is -0.830. The monoisotopic (exact) mass is 223 g/mol. The quantitative estimate of drug-likeness (QED) is 0.527. The predicted molar refractivity (Wildman–Crippen MR) is 63.0 cm³/mol. The van der Waals surface area contributed by atoms with Crippen molar-refractivity contribution in [3.05, 3.63) is 12.7 Å².